The number of hydrogen-bond donors (Lipinski definition) is 0. The van der Waals surface area contributed by atoms with Gasteiger partial charge in [0, 0.05) is 29.6 Å². The Morgan fingerprint density at radius 3 is 2.50 bits per heavy atom. The molecule has 3 aromatic rings. The Labute approximate surface area is 194 Å². The number of benzene rings is 3. The normalized spacial score (nSPS) is 13.7. The largest absolute Gasteiger partial charge is 0.467 e. The van der Waals surface area contributed by atoms with E-state index in [4.69, 9.17) is 14.5 Å². The summed E-state index contributed by atoms with van der Waals surface area (Å²) in [6.07, 6.45) is 4.18. The van der Waals surface area contributed by atoms with Crippen molar-refractivity contribution in [2.75, 3.05) is 13.9 Å². The summed E-state index contributed by atoms with van der Waals surface area (Å²) >= 11 is 0. The van der Waals surface area contributed by atoms with Crippen molar-refractivity contribution in [3.63, 3.8) is 0 Å². The third-order valence-electron chi connectivity index (χ3n) is 5.63. The molecule has 0 heterocycles. The molecule has 2 atom stereocenters. The fourth-order valence-corrected chi connectivity index (χ4v) is 5.82. The Hall–Kier alpha value is -2.48. The Bertz CT molecular complexity index is 1050. The van der Waals surface area contributed by atoms with Crippen molar-refractivity contribution in [2.24, 2.45) is 4.99 Å². The van der Waals surface area contributed by atoms with Gasteiger partial charge in [-0.25, -0.2) is 0 Å². The topological polar surface area (TPSA) is 30.8 Å². The second-order valence-electron chi connectivity index (χ2n) is 8.39. The van der Waals surface area contributed by atoms with Gasteiger partial charge in [-0.15, -0.1) is 0 Å². The molecule has 0 saturated heterocycles. The number of nitrogens with zero attached hydrogens (tertiary/aromatic N) is 1. The third-order valence-corrected chi connectivity index (χ3v) is 7.63. The summed E-state index contributed by atoms with van der Waals surface area (Å²) in [7, 11) is 2.24. The summed E-state index contributed by atoms with van der Waals surface area (Å²) in [6, 6.07) is 23.1. The van der Waals surface area contributed by atoms with Crippen molar-refractivity contribution in [3.05, 3.63) is 89.0 Å². The summed E-state index contributed by atoms with van der Waals surface area (Å²) in [5.74, 6) is 0.911. The van der Waals surface area contributed by atoms with Crippen LogP contribution in [0.1, 0.15) is 48.9 Å². The van der Waals surface area contributed by atoms with Gasteiger partial charge >= 0.3 is 0 Å². The zero-order valence-corrected chi connectivity index (χ0v) is 20.8. The van der Waals surface area contributed by atoms with Gasteiger partial charge in [0.1, 0.15) is 5.75 Å². The SMILES string of the molecule is CCCC(C)(Pc1c(C)cccc1C=Nc1ccccc1)c1cc(C)ccc1OCOC. The molecule has 0 aliphatic heterocycles. The van der Waals surface area contributed by atoms with Crippen LogP contribution >= 0.6 is 8.58 Å². The predicted molar refractivity (Wildman–Crippen MR) is 139 cm³/mol. The molecule has 2 unspecified atom stereocenters. The fraction of sp³-hybridized carbons (Fsp3) is 0.321. The summed E-state index contributed by atoms with van der Waals surface area (Å²) in [5, 5.41) is 1.31. The first kappa shape index (κ1) is 24.2. The van der Waals surface area contributed by atoms with E-state index < -0.39 is 0 Å². The molecule has 0 aromatic heterocycles. The Kier molecular flexibility index (Phi) is 8.61. The van der Waals surface area contributed by atoms with Crippen molar-refractivity contribution >= 4 is 25.8 Å². The first-order valence-electron chi connectivity index (χ1n) is 11.2. The van der Waals surface area contributed by atoms with Crippen LogP contribution < -0.4 is 10.0 Å². The molecule has 3 aromatic carbocycles. The van der Waals surface area contributed by atoms with E-state index in [1.165, 1.54) is 27.6 Å². The smallest absolute Gasteiger partial charge is 0.188 e. The van der Waals surface area contributed by atoms with Gasteiger partial charge in [-0.1, -0.05) is 82.9 Å². The molecule has 3 nitrogen and oxygen atoms in total. The molecule has 0 aliphatic rings. The molecule has 0 radical (unpaired) electrons. The van der Waals surface area contributed by atoms with Gasteiger partial charge < -0.3 is 9.47 Å². The van der Waals surface area contributed by atoms with Crippen molar-refractivity contribution < 1.29 is 9.47 Å². The van der Waals surface area contributed by atoms with E-state index in [0.717, 1.165) is 24.3 Å². The first-order valence-corrected chi connectivity index (χ1v) is 12.2. The lowest BCUT2D eigenvalue weighted by Crippen LogP contribution is -2.23. The van der Waals surface area contributed by atoms with Crippen LogP contribution in [0, 0.1) is 13.8 Å². The van der Waals surface area contributed by atoms with Gasteiger partial charge in [-0.05, 0) is 49.3 Å². The highest BCUT2D eigenvalue weighted by atomic mass is 31.1. The number of hydrogen-bond acceptors (Lipinski definition) is 3. The minimum atomic E-state index is -0.0503. The summed E-state index contributed by atoms with van der Waals surface area (Å²) in [4.78, 5) is 4.74. The summed E-state index contributed by atoms with van der Waals surface area (Å²) < 4.78 is 11.2. The van der Waals surface area contributed by atoms with Crippen molar-refractivity contribution in [1.82, 2.24) is 0 Å². The van der Waals surface area contributed by atoms with Gasteiger partial charge in [0.2, 0.25) is 0 Å². The first-order chi connectivity index (χ1) is 15.5. The second-order valence-corrected chi connectivity index (χ2v) is 10.2. The van der Waals surface area contributed by atoms with E-state index in [1.54, 1.807) is 7.11 Å². The van der Waals surface area contributed by atoms with Gasteiger partial charge in [0.05, 0.1) is 5.69 Å². The minimum Gasteiger partial charge on any atom is -0.467 e. The maximum absolute atomic E-state index is 5.99. The van der Waals surface area contributed by atoms with Crippen molar-refractivity contribution in [2.45, 2.75) is 45.7 Å². The molecule has 4 heteroatoms. The predicted octanol–water partition coefficient (Wildman–Crippen LogP) is 7.06. The fourth-order valence-electron chi connectivity index (χ4n) is 3.99. The number of aryl methyl sites for hydroxylation is 2. The molecule has 32 heavy (non-hydrogen) atoms. The monoisotopic (exact) mass is 447 g/mol. The number of ether oxygens (including phenoxy) is 2. The molecule has 168 valence electrons. The van der Waals surface area contributed by atoms with Crippen LogP contribution in [-0.4, -0.2) is 20.1 Å². The quantitative estimate of drug-likeness (QED) is 0.189. The van der Waals surface area contributed by atoms with Crippen LogP contribution in [0.3, 0.4) is 0 Å². The number of rotatable bonds is 10. The van der Waals surface area contributed by atoms with Crippen LogP contribution in [0.2, 0.25) is 0 Å². The molecule has 3 rings (SSSR count). The average Bonchev–Trinajstić information content (AvgIpc) is 2.79. The van der Waals surface area contributed by atoms with Gasteiger partial charge in [0.25, 0.3) is 0 Å². The molecule has 0 spiro atoms. The lowest BCUT2D eigenvalue weighted by Gasteiger charge is -2.33. The Balaban J connectivity index is 2.03. The second kappa shape index (κ2) is 11.4. The van der Waals surface area contributed by atoms with Gasteiger partial charge in [-0.3, -0.25) is 4.99 Å². The number of para-hydroxylation sites is 1. The van der Waals surface area contributed by atoms with Crippen LogP contribution in [0.15, 0.2) is 71.7 Å². The third kappa shape index (κ3) is 6.06. The van der Waals surface area contributed by atoms with Crippen LogP contribution in [0.25, 0.3) is 0 Å². The summed E-state index contributed by atoms with van der Waals surface area (Å²) in [5.41, 5.74) is 5.95. The van der Waals surface area contributed by atoms with Crippen molar-refractivity contribution in [1.29, 1.82) is 0 Å². The minimum absolute atomic E-state index is 0.0503. The number of aliphatic imine (C=N–C) groups is 1. The van der Waals surface area contributed by atoms with E-state index in [-0.39, 0.29) is 11.9 Å². The van der Waals surface area contributed by atoms with E-state index in [0.29, 0.717) is 8.58 Å². The number of methoxy groups -OCH3 is 1. The molecule has 0 fully saturated rings. The highest BCUT2D eigenvalue weighted by Gasteiger charge is 2.31. The molecule has 0 saturated carbocycles. The van der Waals surface area contributed by atoms with Crippen LogP contribution in [0.5, 0.6) is 5.75 Å². The summed E-state index contributed by atoms with van der Waals surface area (Å²) in [6.45, 7) is 9.22. The molecule has 0 aliphatic carbocycles. The highest BCUT2D eigenvalue weighted by molar-refractivity contribution is 7.49. The van der Waals surface area contributed by atoms with Gasteiger partial charge in [0.15, 0.2) is 6.79 Å². The zero-order chi connectivity index (χ0) is 23.0. The maximum Gasteiger partial charge on any atom is 0.188 e. The zero-order valence-electron chi connectivity index (χ0n) is 19.8. The van der Waals surface area contributed by atoms with E-state index >= 15 is 0 Å². The van der Waals surface area contributed by atoms with Crippen LogP contribution in [-0.2, 0) is 9.89 Å². The Morgan fingerprint density at radius 2 is 1.78 bits per heavy atom. The van der Waals surface area contributed by atoms with E-state index in [9.17, 15) is 0 Å². The van der Waals surface area contributed by atoms with E-state index in [1.807, 2.05) is 36.5 Å². The van der Waals surface area contributed by atoms with Crippen LogP contribution in [0.4, 0.5) is 5.69 Å². The Morgan fingerprint density at radius 1 is 1.00 bits per heavy atom. The molecule has 0 bridgehead atoms. The average molecular weight is 448 g/mol. The molecular weight excluding hydrogens is 413 g/mol. The molecule has 0 N–H and O–H groups in total. The molecular formula is C28H34NO2P. The van der Waals surface area contributed by atoms with E-state index in [2.05, 4.69) is 64.1 Å². The lowest BCUT2D eigenvalue weighted by molar-refractivity contribution is 0.0500. The standard InChI is InChI=1S/C28H34NO2P/c1-6-17-28(4,25-18-21(2)15-16-26(25)31-20-30-5)32-27-22(3)11-10-12-23(27)19-29-24-13-8-7-9-14-24/h7-16,18-19,32H,6,17,20H2,1-5H3. The van der Waals surface area contributed by atoms with Gasteiger partial charge in [-0.2, -0.15) is 0 Å². The maximum atomic E-state index is 5.99. The lowest BCUT2D eigenvalue weighted by atomic mass is 9.93. The van der Waals surface area contributed by atoms with Crippen molar-refractivity contribution in [3.8, 4) is 5.75 Å². The molecule has 0 amide bonds. The highest BCUT2D eigenvalue weighted by Crippen LogP contribution is 2.49.